The van der Waals surface area contributed by atoms with E-state index >= 15 is 0 Å². The van der Waals surface area contributed by atoms with Gasteiger partial charge in [0, 0.05) is 6.42 Å². The van der Waals surface area contributed by atoms with Gasteiger partial charge in [0.1, 0.15) is 29.3 Å². The Balaban J connectivity index is 1.83. The van der Waals surface area contributed by atoms with Crippen molar-refractivity contribution in [3.05, 3.63) is 71.8 Å². The molecule has 4 N–H and O–H groups in total. The first-order chi connectivity index (χ1) is 23.5. The van der Waals surface area contributed by atoms with Crippen LogP contribution < -0.4 is 21.3 Å². The van der Waals surface area contributed by atoms with Crippen LogP contribution in [0.15, 0.2) is 60.7 Å². The van der Waals surface area contributed by atoms with Gasteiger partial charge in [0.2, 0.25) is 17.7 Å². The molecular formula is C39H56N4O7. The highest BCUT2D eigenvalue weighted by atomic mass is 16.6. The van der Waals surface area contributed by atoms with E-state index in [9.17, 15) is 24.0 Å². The molecule has 0 radical (unpaired) electrons. The maximum Gasteiger partial charge on any atom is 0.408 e. The number of Topliss-reactive ketones (excluding diaryl/α,β-unsaturated/α-hetero) is 1. The topological polar surface area (TPSA) is 155 Å². The molecule has 3 rings (SSSR count). The summed E-state index contributed by atoms with van der Waals surface area (Å²) in [5.41, 5.74) is 0.0894. The first-order valence-corrected chi connectivity index (χ1v) is 17.6. The number of hydrogen-bond acceptors (Lipinski definition) is 7. The van der Waals surface area contributed by atoms with E-state index in [1.54, 1.807) is 27.7 Å². The maximum absolute atomic E-state index is 14.0. The predicted octanol–water partition coefficient (Wildman–Crippen LogP) is 4.66. The molecule has 274 valence electrons. The molecular weight excluding hydrogens is 636 g/mol. The molecule has 1 heterocycles. The summed E-state index contributed by atoms with van der Waals surface area (Å²) in [6.45, 7) is 15.0. The molecule has 5 atom stereocenters. The number of benzene rings is 2. The first-order valence-electron chi connectivity index (χ1n) is 17.6. The Labute approximate surface area is 297 Å². The third kappa shape index (κ3) is 13.6. The second kappa shape index (κ2) is 18.1. The van der Waals surface area contributed by atoms with Crippen LogP contribution in [0.5, 0.6) is 0 Å². The van der Waals surface area contributed by atoms with Gasteiger partial charge in [-0.05, 0) is 76.3 Å². The van der Waals surface area contributed by atoms with E-state index in [0.717, 1.165) is 11.1 Å². The number of amides is 4. The molecule has 1 aliphatic rings. The summed E-state index contributed by atoms with van der Waals surface area (Å²) in [6, 6.07) is 15.0. The van der Waals surface area contributed by atoms with E-state index in [0.29, 0.717) is 19.4 Å². The third-order valence-electron chi connectivity index (χ3n) is 8.27. The minimum Gasteiger partial charge on any atom is -0.444 e. The van der Waals surface area contributed by atoms with Crippen LogP contribution in [0.1, 0.15) is 85.8 Å². The maximum atomic E-state index is 14.0. The van der Waals surface area contributed by atoms with E-state index in [1.807, 2.05) is 88.4 Å². The molecule has 11 nitrogen and oxygen atoms in total. The number of hydrogen-bond donors (Lipinski definition) is 4. The molecule has 0 aromatic heterocycles. The lowest BCUT2D eigenvalue weighted by Crippen LogP contribution is -2.59. The summed E-state index contributed by atoms with van der Waals surface area (Å²) < 4.78 is 10.8. The number of carbonyl (C=O) groups is 5. The fourth-order valence-corrected chi connectivity index (χ4v) is 5.58. The second-order valence-corrected chi connectivity index (χ2v) is 15.2. The minimum absolute atomic E-state index is 0.00126. The summed E-state index contributed by atoms with van der Waals surface area (Å²) >= 11 is 0. The van der Waals surface area contributed by atoms with Crippen molar-refractivity contribution >= 4 is 29.6 Å². The first kappa shape index (κ1) is 40.2. The molecule has 0 bridgehead atoms. The van der Waals surface area contributed by atoms with Crippen molar-refractivity contribution in [3.8, 4) is 0 Å². The van der Waals surface area contributed by atoms with Gasteiger partial charge in [0.25, 0.3) is 0 Å². The van der Waals surface area contributed by atoms with Gasteiger partial charge in [-0.25, -0.2) is 4.79 Å². The lowest BCUT2D eigenvalue weighted by atomic mass is 9.93. The van der Waals surface area contributed by atoms with E-state index in [-0.39, 0.29) is 36.9 Å². The lowest BCUT2D eigenvalue weighted by Gasteiger charge is -2.28. The molecule has 0 saturated carbocycles. The van der Waals surface area contributed by atoms with Gasteiger partial charge in [-0.1, -0.05) is 88.4 Å². The monoisotopic (exact) mass is 692 g/mol. The van der Waals surface area contributed by atoms with Gasteiger partial charge in [-0.2, -0.15) is 0 Å². The quantitative estimate of drug-likeness (QED) is 0.166. The Morgan fingerprint density at radius 3 is 1.68 bits per heavy atom. The summed E-state index contributed by atoms with van der Waals surface area (Å²) in [5.74, 6) is -1.69. The van der Waals surface area contributed by atoms with Crippen molar-refractivity contribution in [2.24, 2.45) is 11.8 Å². The number of alkyl carbamates (subject to hydrolysis) is 1. The molecule has 1 aliphatic heterocycles. The fraction of sp³-hybridized carbons (Fsp3) is 0.564. The smallest absolute Gasteiger partial charge is 0.408 e. The predicted molar refractivity (Wildman–Crippen MR) is 192 cm³/mol. The molecule has 3 unspecified atom stereocenters. The van der Waals surface area contributed by atoms with Gasteiger partial charge in [-0.3, -0.25) is 19.2 Å². The fourth-order valence-electron chi connectivity index (χ4n) is 5.58. The number of carbonyl (C=O) groups excluding carboxylic acids is 5. The van der Waals surface area contributed by atoms with Crippen LogP contribution in [0.2, 0.25) is 0 Å². The van der Waals surface area contributed by atoms with Crippen molar-refractivity contribution in [3.63, 3.8) is 0 Å². The molecule has 11 heteroatoms. The summed E-state index contributed by atoms with van der Waals surface area (Å²) in [6.07, 6.45) is 0.867. The normalized spacial score (nSPS) is 18.0. The zero-order valence-corrected chi connectivity index (χ0v) is 30.8. The van der Waals surface area contributed by atoms with Gasteiger partial charge in [0.15, 0.2) is 5.78 Å². The highest BCUT2D eigenvalue weighted by Gasteiger charge is 2.50. The Kier molecular flexibility index (Phi) is 14.6. The van der Waals surface area contributed by atoms with Gasteiger partial charge < -0.3 is 30.7 Å². The van der Waals surface area contributed by atoms with Crippen LogP contribution in [0.4, 0.5) is 4.79 Å². The number of nitrogens with one attached hydrogen (secondary N) is 4. The average molecular weight is 693 g/mol. The van der Waals surface area contributed by atoms with Crippen LogP contribution in [0, 0.1) is 11.8 Å². The molecule has 2 aromatic rings. The molecule has 1 saturated heterocycles. The van der Waals surface area contributed by atoms with Crippen LogP contribution in [-0.2, 0) is 41.5 Å². The van der Waals surface area contributed by atoms with Crippen LogP contribution in [-0.4, -0.2) is 71.6 Å². The van der Waals surface area contributed by atoms with E-state index < -0.39 is 59.2 Å². The Morgan fingerprint density at radius 2 is 1.16 bits per heavy atom. The lowest BCUT2D eigenvalue weighted by molar-refractivity contribution is -0.134. The number of aryl methyl sites for hydroxylation is 1. The average Bonchev–Trinajstić information content (AvgIpc) is 3.79. The van der Waals surface area contributed by atoms with Crippen molar-refractivity contribution < 1.29 is 33.4 Å². The molecule has 1 fully saturated rings. The van der Waals surface area contributed by atoms with E-state index in [1.165, 1.54) is 0 Å². The minimum atomic E-state index is -1.04. The van der Waals surface area contributed by atoms with Crippen LogP contribution >= 0.6 is 0 Å². The number of epoxide rings is 1. The Morgan fingerprint density at radius 1 is 0.700 bits per heavy atom. The summed E-state index contributed by atoms with van der Waals surface area (Å²) in [4.78, 5) is 67.8. The van der Waals surface area contributed by atoms with Crippen molar-refractivity contribution in [2.75, 3.05) is 6.61 Å². The van der Waals surface area contributed by atoms with E-state index in [4.69, 9.17) is 9.47 Å². The largest absolute Gasteiger partial charge is 0.444 e. The van der Waals surface area contributed by atoms with Crippen molar-refractivity contribution in [2.45, 2.75) is 123 Å². The molecule has 0 aliphatic carbocycles. The second-order valence-electron chi connectivity index (χ2n) is 15.2. The molecule has 0 spiro atoms. The Bertz CT molecular complexity index is 1440. The summed E-state index contributed by atoms with van der Waals surface area (Å²) in [7, 11) is 0. The highest BCUT2D eigenvalue weighted by Crippen LogP contribution is 2.29. The standard InChI is InChI=1S/C39H56N4O7/c1-25(2)21-30(33(44)39(8)24-49-39)40-36(47)32(23-28-17-13-10-14-18-28)42-35(46)31(22-26(3)4)41-34(45)29(43-37(48)50-38(5,6)7)20-19-27-15-11-9-12-16-27/h9-18,25-26,29-32H,19-24H2,1-8H3,(H,40,47)(H,41,45)(H,42,46)(H,43,48)/t29-,30?,31?,32-,39?/m0/s1. The molecule has 50 heavy (non-hydrogen) atoms. The highest BCUT2D eigenvalue weighted by molar-refractivity contribution is 5.98. The molecule has 2 aromatic carbocycles. The van der Waals surface area contributed by atoms with Crippen LogP contribution in [0.3, 0.4) is 0 Å². The SMILES string of the molecule is CC(C)CC(NC(=O)[C@H](CCc1ccccc1)NC(=O)OC(C)(C)C)C(=O)N[C@@H](Cc1ccccc1)C(=O)NC(CC(C)C)C(=O)C1(C)CO1. The number of ketones is 1. The van der Waals surface area contributed by atoms with Crippen LogP contribution in [0.25, 0.3) is 0 Å². The van der Waals surface area contributed by atoms with Crippen molar-refractivity contribution in [1.82, 2.24) is 21.3 Å². The van der Waals surface area contributed by atoms with E-state index in [2.05, 4.69) is 21.3 Å². The number of rotatable bonds is 18. The Hall–Kier alpha value is -4.25. The molecule has 4 amide bonds. The zero-order valence-electron chi connectivity index (χ0n) is 30.8. The summed E-state index contributed by atoms with van der Waals surface area (Å²) in [5, 5.41) is 11.3. The third-order valence-corrected chi connectivity index (χ3v) is 8.27. The van der Waals surface area contributed by atoms with Crippen molar-refractivity contribution in [1.29, 1.82) is 0 Å². The zero-order chi connectivity index (χ0) is 37.1. The van der Waals surface area contributed by atoms with Gasteiger partial charge >= 0.3 is 6.09 Å². The van der Waals surface area contributed by atoms with Gasteiger partial charge in [0.05, 0.1) is 12.6 Å². The van der Waals surface area contributed by atoms with Gasteiger partial charge in [-0.15, -0.1) is 0 Å². The number of ether oxygens (including phenoxy) is 2.